The number of hydrogen-bond donors (Lipinski definition) is 1. The first-order valence-corrected chi connectivity index (χ1v) is 28.9. The molecule has 0 aliphatic heterocycles. The third-order valence-corrected chi connectivity index (χ3v) is 13.5. The van der Waals surface area contributed by atoms with Crippen molar-refractivity contribution in [3.8, 4) is 0 Å². The van der Waals surface area contributed by atoms with Gasteiger partial charge < -0.3 is 13.8 Å². The largest absolute Gasteiger partial charge is 0.456 e. The number of aromatic amines is 1. The third kappa shape index (κ3) is 11.4. The molecule has 0 saturated heterocycles. The number of aromatic nitrogens is 1. The number of hydrogen-bond acceptors (Lipinski definition) is 6. The molecule has 0 fully saturated rings. The van der Waals surface area contributed by atoms with Crippen LogP contribution in [0.4, 0.5) is 0 Å². The molecular weight excluding hydrogens is 1300 g/mol. The van der Waals surface area contributed by atoms with Crippen molar-refractivity contribution in [2.45, 2.75) is 13.8 Å². The molecule has 3 heterocycles. The van der Waals surface area contributed by atoms with E-state index in [4.69, 9.17) is 15.0 Å². The zero-order valence-corrected chi connectivity index (χ0v) is 41.7. The number of H-pyrrole nitrogens is 1. The molecule has 0 bridgehead atoms. The fraction of sp³-hybridized carbons (Fsp3) is 0.0435. The predicted molar refractivity (Wildman–Crippen MR) is 279 cm³/mol. The van der Waals surface area contributed by atoms with Crippen molar-refractivity contribution in [2.24, 2.45) is 0 Å². The van der Waals surface area contributed by atoms with Crippen LogP contribution in [-0.4, -0.2) is 16.9 Å². The van der Waals surface area contributed by atoms with Gasteiger partial charge in [-0.1, -0.05) is 72.8 Å². The van der Waals surface area contributed by atoms with Gasteiger partial charge in [0, 0.05) is 87.7 Å². The van der Waals surface area contributed by atoms with Crippen LogP contribution < -0.4 is 0 Å². The summed E-state index contributed by atoms with van der Waals surface area (Å²) >= 11 is 6.29. The van der Waals surface area contributed by atoms with Gasteiger partial charge in [-0.2, -0.15) is 0 Å². The van der Waals surface area contributed by atoms with Crippen LogP contribution in [0.5, 0.6) is 0 Å². The standard InChI is InChI=1S/C12H6I2O.C12H9N.C12H8O.C10H11IO4.I2/c13-7-1-3-11-9(5-7)10-6-8(14)2-4-12(10)15-11;2*1-3-7-11-9(5-1)10-6-2-4-8-12(10)13-11;1-8(12)14-11(15-9(2)13)10-6-4-3-5-7-10;1-2/h1-6H;1-8,13H;1-8H;3-7H,1-2H3;. The normalized spacial score (nSPS) is 10.7. The Balaban J connectivity index is 0.000000129. The molecule has 0 amide bonds. The number of rotatable bonds is 3. The van der Waals surface area contributed by atoms with Crippen molar-refractivity contribution < 1.29 is 24.6 Å². The van der Waals surface area contributed by atoms with Gasteiger partial charge in [-0.25, -0.2) is 0 Å². The Morgan fingerprint density at radius 1 is 0.466 bits per heavy atom. The molecule has 7 aromatic carbocycles. The Kier molecular flexibility index (Phi) is 16.5. The smallest absolute Gasteiger partial charge is 0.135 e. The topological polar surface area (TPSA) is 94.7 Å². The van der Waals surface area contributed by atoms with Crippen molar-refractivity contribution in [3.63, 3.8) is 0 Å². The summed E-state index contributed by atoms with van der Waals surface area (Å²) in [5.41, 5.74) is 6.28. The van der Waals surface area contributed by atoms with Gasteiger partial charge in [0.1, 0.15) is 22.3 Å². The first kappa shape index (κ1) is 44.1. The number of furan rings is 2. The maximum atomic E-state index is 10.8. The van der Waals surface area contributed by atoms with Gasteiger partial charge in [-0.3, -0.25) is 0 Å². The van der Waals surface area contributed by atoms with Crippen molar-refractivity contribution in [1.29, 1.82) is 0 Å². The van der Waals surface area contributed by atoms with Crippen molar-refractivity contribution in [1.82, 2.24) is 4.98 Å². The number of para-hydroxylation sites is 4. The summed E-state index contributed by atoms with van der Waals surface area (Å²) in [5.74, 6) is -0.851. The van der Waals surface area contributed by atoms with Gasteiger partial charge in [-0.05, 0) is 106 Å². The van der Waals surface area contributed by atoms with Crippen LogP contribution >= 0.6 is 103 Å². The van der Waals surface area contributed by atoms with Crippen LogP contribution in [0.2, 0.25) is 0 Å². The van der Waals surface area contributed by atoms with E-state index in [0.717, 1.165) is 25.9 Å². The van der Waals surface area contributed by atoms with Crippen molar-refractivity contribution in [3.05, 3.63) is 175 Å². The summed E-state index contributed by atoms with van der Waals surface area (Å²) in [6, 6.07) is 54.5. The number of nitrogens with one attached hydrogen (secondary N) is 1. The molecule has 10 rings (SSSR count). The van der Waals surface area contributed by atoms with E-state index in [2.05, 4.69) is 172 Å². The summed E-state index contributed by atoms with van der Waals surface area (Å²) < 4.78 is 24.7. The van der Waals surface area contributed by atoms with Gasteiger partial charge >= 0.3 is 96.1 Å². The molecule has 10 aromatic rings. The summed E-state index contributed by atoms with van der Waals surface area (Å²) in [6.45, 7) is 2.60. The monoisotopic (exact) mass is 1330 g/mol. The fourth-order valence-electron chi connectivity index (χ4n) is 6.02. The molecule has 1 N–H and O–H groups in total. The van der Waals surface area contributed by atoms with Crippen LogP contribution in [-0.2, 0) is 15.7 Å². The van der Waals surface area contributed by atoms with Gasteiger partial charge in [0.15, 0.2) is 0 Å². The molecule has 0 unspecified atom stereocenters. The minimum absolute atomic E-state index is 0.426. The summed E-state index contributed by atoms with van der Waals surface area (Å²) in [4.78, 5) is 25.0. The van der Waals surface area contributed by atoms with Crippen LogP contribution in [0, 0.1) is 10.7 Å². The Bertz CT molecular complexity index is 2660. The van der Waals surface area contributed by atoms with Gasteiger partial charge in [0.2, 0.25) is 0 Å². The van der Waals surface area contributed by atoms with E-state index in [-0.39, 0.29) is 0 Å². The average Bonchev–Trinajstić information content (AvgIpc) is 3.93. The minimum atomic E-state index is -2.59. The third-order valence-electron chi connectivity index (χ3n) is 8.36. The van der Waals surface area contributed by atoms with E-state index < -0.39 is 32.6 Å². The molecule has 0 radical (unpaired) electrons. The summed E-state index contributed by atoms with van der Waals surface area (Å²) in [6.07, 6.45) is 0. The van der Waals surface area contributed by atoms with E-state index in [0.29, 0.717) is 0 Å². The van der Waals surface area contributed by atoms with Crippen LogP contribution in [0.25, 0.3) is 65.7 Å². The van der Waals surface area contributed by atoms with Gasteiger partial charge in [0.05, 0.1) is 0 Å². The molecule has 0 atom stereocenters. The Labute approximate surface area is 393 Å². The number of carbonyl (C=O) groups excluding carboxylic acids is 2. The molecule has 58 heavy (non-hydrogen) atoms. The molecule has 294 valence electrons. The number of fused-ring (bicyclic) bond motifs is 9. The first-order chi connectivity index (χ1) is 28.2. The second-order valence-corrected chi connectivity index (χ2v) is 18.2. The van der Waals surface area contributed by atoms with Gasteiger partial charge in [0.25, 0.3) is 0 Å². The van der Waals surface area contributed by atoms with Crippen LogP contribution in [0.1, 0.15) is 13.8 Å². The van der Waals surface area contributed by atoms with E-state index in [1.165, 1.54) is 64.3 Å². The molecule has 0 aliphatic rings. The second kappa shape index (κ2) is 21.7. The molecular formula is C46H34I5NO6. The SMILES string of the molecule is CC(=O)OI(OC(C)=O)c1ccccc1.II.Ic1ccc2oc3ccc(I)cc3c2c1.c1ccc2c(c1)[nH]c1ccccc12.c1ccc2c(c1)oc1ccccc12. The van der Waals surface area contributed by atoms with E-state index in [1.807, 2.05) is 66.7 Å². The Hall–Kier alpha value is -3.47. The number of benzene rings is 7. The molecule has 3 aromatic heterocycles. The zero-order valence-electron chi connectivity index (χ0n) is 30.9. The molecule has 0 spiro atoms. The van der Waals surface area contributed by atoms with Crippen molar-refractivity contribution >= 4 is 181 Å². The second-order valence-electron chi connectivity index (χ2n) is 12.3. The molecule has 0 saturated carbocycles. The summed E-state index contributed by atoms with van der Waals surface area (Å²) in [7, 11) is 0. The fourth-order valence-corrected chi connectivity index (χ4v) is 9.73. The Morgan fingerprint density at radius 3 is 1.26 bits per heavy atom. The quantitative estimate of drug-likeness (QED) is 0.177. The minimum Gasteiger partial charge on any atom is -0.456 e. The summed E-state index contributed by atoms with van der Waals surface area (Å²) in [5, 5.41) is 7.40. The number of halogens is 5. The molecule has 7 nitrogen and oxygen atoms in total. The molecule has 0 aliphatic carbocycles. The van der Waals surface area contributed by atoms with Crippen molar-refractivity contribution in [2.75, 3.05) is 0 Å². The maximum Gasteiger partial charge on any atom is 0.135 e. The van der Waals surface area contributed by atoms with Crippen LogP contribution in [0.3, 0.4) is 0 Å². The average molecular weight is 1330 g/mol. The maximum absolute atomic E-state index is 10.8. The van der Waals surface area contributed by atoms with E-state index in [9.17, 15) is 9.59 Å². The predicted octanol–water partition coefficient (Wildman–Crippen LogP) is 15.8. The zero-order chi connectivity index (χ0) is 41.0. The Morgan fingerprint density at radius 2 is 0.828 bits per heavy atom. The van der Waals surface area contributed by atoms with Crippen LogP contribution in [0.15, 0.2) is 173 Å². The first-order valence-electron chi connectivity index (χ1n) is 17.6. The van der Waals surface area contributed by atoms with E-state index in [1.54, 1.807) is 12.1 Å². The molecule has 12 heteroatoms. The van der Waals surface area contributed by atoms with Gasteiger partial charge in [-0.15, -0.1) is 0 Å². The van der Waals surface area contributed by atoms with E-state index >= 15 is 0 Å². The number of carbonyl (C=O) groups is 2.